The zero-order valence-electron chi connectivity index (χ0n) is 26.0. The van der Waals surface area contributed by atoms with E-state index in [1.54, 1.807) is 68.5 Å². The number of H-pyrrole nitrogens is 1. The van der Waals surface area contributed by atoms with E-state index in [1.165, 1.54) is 0 Å². The Labute approximate surface area is 273 Å². The van der Waals surface area contributed by atoms with Gasteiger partial charge in [0.05, 0.1) is 13.1 Å². The van der Waals surface area contributed by atoms with Gasteiger partial charge in [0.25, 0.3) is 5.56 Å². The molecule has 1 aromatic heterocycles. The van der Waals surface area contributed by atoms with Gasteiger partial charge in [-0.25, -0.2) is 10.0 Å². The molecule has 2 atom stereocenters. The molecule has 6 rings (SSSR count). The number of rotatable bonds is 10. The molecule has 0 radical (unpaired) electrons. The first-order chi connectivity index (χ1) is 22.8. The Morgan fingerprint density at radius 1 is 0.915 bits per heavy atom. The van der Waals surface area contributed by atoms with Gasteiger partial charge >= 0.3 is 0 Å². The summed E-state index contributed by atoms with van der Waals surface area (Å²) in [6.07, 6.45) is 3.47. The fourth-order valence-electron chi connectivity index (χ4n) is 6.48. The number of aromatic hydroxyl groups is 1. The van der Waals surface area contributed by atoms with Crippen molar-refractivity contribution in [2.45, 2.75) is 38.0 Å². The number of pyridine rings is 1. The van der Waals surface area contributed by atoms with Crippen molar-refractivity contribution in [3.8, 4) is 16.9 Å². The lowest BCUT2D eigenvalue weighted by molar-refractivity contribution is -0.205. The zero-order chi connectivity index (χ0) is 32.9. The summed E-state index contributed by atoms with van der Waals surface area (Å²) in [5.74, 6) is -0.531. The average molecular weight is 632 g/mol. The molecule has 4 aromatic rings. The smallest absolute Gasteiger partial charge is 0.255 e. The molecule has 3 amide bonds. The number of nitrogens with one attached hydrogen (secondary N) is 1. The third-order valence-corrected chi connectivity index (χ3v) is 8.69. The summed E-state index contributed by atoms with van der Waals surface area (Å²) < 4.78 is 0. The van der Waals surface area contributed by atoms with Gasteiger partial charge in [0, 0.05) is 37.7 Å². The number of aryl methyl sites for hydroxylation is 1. The zero-order valence-corrected chi connectivity index (χ0v) is 26.0. The second-order valence-corrected chi connectivity index (χ2v) is 11.9. The van der Waals surface area contributed by atoms with Gasteiger partial charge in [0.1, 0.15) is 18.0 Å². The second-order valence-electron chi connectivity index (χ2n) is 11.9. The Bertz CT molecular complexity index is 1820. The summed E-state index contributed by atoms with van der Waals surface area (Å²) in [6.45, 7) is 4.41. The molecule has 3 heterocycles. The highest BCUT2D eigenvalue weighted by atomic mass is 16.3. The number of nitrogens with zero attached hydrogens (tertiary/aromatic N) is 4. The van der Waals surface area contributed by atoms with Crippen molar-refractivity contribution in [1.82, 2.24) is 24.8 Å². The molecule has 0 spiro atoms. The number of piperazine rings is 1. The molecule has 10 heteroatoms. The van der Waals surface area contributed by atoms with Crippen LogP contribution in [0.1, 0.15) is 23.1 Å². The number of amides is 3. The number of phenolic OH excluding ortho intramolecular Hbond substituents is 1. The Hall–Kier alpha value is -5.48. The minimum absolute atomic E-state index is 0.0629. The molecule has 0 unspecified atom stereocenters. The van der Waals surface area contributed by atoms with Crippen molar-refractivity contribution < 1.29 is 19.5 Å². The predicted molar refractivity (Wildman–Crippen MR) is 178 cm³/mol. The van der Waals surface area contributed by atoms with Crippen LogP contribution >= 0.6 is 0 Å². The SMILES string of the molecule is C=CCN1CC(=O)N2[C@@H](Cc3ccc(O)cc3)C(=O)N(Cc3cccc(-c4ccc[nH]c4=O)c3)C[C@@H]2N1C(=O)CCc1ccccc1. The summed E-state index contributed by atoms with van der Waals surface area (Å²) >= 11 is 0. The summed E-state index contributed by atoms with van der Waals surface area (Å²) in [4.78, 5) is 60.7. The first-order valence-corrected chi connectivity index (χ1v) is 15.7. The molecule has 3 aromatic carbocycles. The predicted octanol–water partition coefficient (Wildman–Crippen LogP) is 3.73. The van der Waals surface area contributed by atoms with E-state index >= 15 is 0 Å². The largest absolute Gasteiger partial charge is 0.508 e. The molecule has 0 bridgehead atoms. The maximum atomic E-state index is 14.3. The van der Waals surface area contributed by atoms with Crippen molar-refractivity contribution in [2.75, 3.05) is 19.6 Å². The van der Waals surface area contributed by atoms with E-state index in [-0.39, 0.29) is 68.1 Å². The number of carbonyl (C=O) groups is 3. The molecule has 2 fully saturated rings. The molecule has 2 aliphatic rings. The van der Waals surface area contributed by atoms with Crippen LogP contribution in [0.4, 0.5) is 0 Å². The van der Waals surface area contributed by atoms with Gasteiger partial charge < -0.3 is 19.9 Å². The molecule has 240 valence electrons. The number of hydrazine groups is 1. The molecular weight excluding hydrogens is 594 g/mol. The fourth-order valence-corrected chi connectivity index (χ4v) is 6.48. The van der Waals surface area contributed by atoms with Gasteiger partial charge in [-0.05, 0) is 59.0 Å². The number of benzene rings is 3. The van der Waals surface area contributed by atoms with Crippen LogP contribution in [0.2, 0.25) is 0 Å². The third-order valence-electron chi connectivity index (χ3n) is 8.69. The minimum Gasteiger partial charge on any atom is -0.508 e. The number of carbonyl (C=O) groups excluding carboxylic acids is 3. The van der Waals surface area contributed by atoms with E-state index < -0.39 is 12.2 Å². The molecule has 47 heavy (non-hydrogen) atoms. The lowest BCUT2D eigenvalue weighted by Gasteiger charge is -2.55. The summed E-state index contributed by atoms with van der Waals surface area (Å²) in [7, 11) is 0. The maximum Gasteiger partial charge on any atom is 0.255 e. The first kappa shape index (κ1) is 31.5. The van der Waals surface area contributed by atoms with Gasteiger partial charge in [0.15, 0.2) is 0 Å². The van der Waals surface area contributed by atoms with E-state index in [9.17, 15) is 24.3 Å². The fraction of sp³-hybridized carbons (Fsp3) is 0.243. The van der Waals surface area contributed by atoms with E-state index in [0.29, 0.717) is 12.0 Å². The monoisotopic (exact) mass is 631 g/mol. The van der Waals surface area contributed by atoms with E-state index in [0.717, 1.165) is 22.3 Å². The Morgan fingerprint density at radius 3 is 2.43 bits per heavy atom. The standard InChI is InChI=1S/C37H37N5O5/c1-2-20-40-25-35(45)41-32(22-27-13-16-30(43)17-14-27)37(47)39(23-28-10-6-11-29(21-28)31-12-7-19-38-36(31)46)24-33(41)42(40)34(44)18-15-26-8-4-3-5-9-26/h2-14,16-17,19,21,32-33,43H,1,15,18,20,22-25H2,(H,38,46)/t32-,33-/m0/s1. The highest BCUT2D eigenvalue weighted by molar-refractivity contribution is 5.92. The molecular formula is C37H37N5O5. The Kier molecular flexibility index (Phi) is 9.30. The number of hydrogen-bond acceptors (Lipinski definition) is 6. The van der Waals surface area contributed by atoms with Crippen LogP contribution in [0.25, 0.3) is 11.1 Å². The summed E-state index contributed by atoms with van der Waals surface area (Å²) in [5.41, 5.74) is 3.64. The molecule has 0 aliphatic carbocycles. The van der Waals surface area contributed by atoms with Crippen LogP contribution in [-0.4, -0.2) is 79.5 Å². The number of aromatic nitrogens is 1. The highest BCUT2D eigenvalue weighted by Gasteiger charge is 2.51. The normalized spacial score (nSPS) is 18.3. The highest BCUT2D eigenvalue weighted by Crippen LogP contribution is 2.30. The number of fused-ring (bicyclic) bond motifs is 1. The Balaban J connectivity index is 1.35. The first-order valence-electron chi connectivity index (χ1n) is 15.7. The average Bonchev–Trinajstić information content (AvgIpc) is 3.07. The summed E-state index contributed by atoms with van der Waals surface area (Å²) in [5, 5.41) is 13.2. The van der Waals surface area contributed by atoms with Crippen molar-refractivity contribution in [3.05, 3.63) is 137 Å². The van der Waals surface area contributed by atoms with Crippen LogP contribution in [-0.2, 0) is 33.8 Å². The van der Waals surface area contributed by atoms with E-state index in [2.05, 4.69) is 11.6 Å². The van der Waals surface area contributed by atoms with Crippen LogP contribution in [0.5, 0.6) is 5.75 Å². The topological polar surface area (TPSA) is 117 Å². The second kappa shape index (κ2) is 13.9. The van der Waals surface area contributed by atoms with Crippen molar-refractivity contribution in [3.63, 3.8) is 0 Å². The van der Waals surface area contributed by atoms with Gasteiger partial charge in [-0.15, -0.1) is 6.58 Å². The molecule has 2 aliphatic heterocycles. The quantitative estimate of drug-likeness (QED) is 0.258. The molecule has 2 saturated heterocycles. The molecule has 10 nitrogen and oxygen atoms in total. The van der Waals surface area contributed by atoms with Gasteiger partial charge in [-0.1, -0.05) is 66.7 Å². The number of phenols is 1. The van der Waals surface area contributed by atoms with Gasteiger partial charge in [-0.3, -0.25) is 19.2 Å². The van der Waals surface area contributed by atoms with Crippen molar-refractivity contribution in [1.29, 1.82) is 0 Å². The van der Waals surface area contributed by atoms with E-state index in [4.69, 9.17) is 0 Å². The number of aromatic amines is 1. The van der Waals surface area contributed by atoms with Crippen molar-refractivity contribution >= 4 is 17.7 Å². The lowest BCUT2D eigenvalue weighted by Crippen LogP contribution is -2.75. The van der Waals surface area contributed by atoms with Crippen LogP contribution in [0, 0.1) is 0 Å². The maximum absolute atomic E-state index is 14.3. The molecule has 0 saturated carbocycles. The van der Waals surface area contributed by atoms with Crippen LogP contribution in [0.3, 0.4) is 0 Å². The third kappa shape index (κ3) is 6.87. The van der Waals surface area contributed by atoms with Crippen LogP contribution in [0.15, 0.2) is 115 Å². The minimum atomic E-state index is -0.874. The lowest BCUT2D eigenvalue weighted by atomic mass is 9.97. The molecule has 2 N–H and O–H groups in total. The van der Waals surface area contributed by atoms with Crippen molar-refractivity contribution in [2.24, 2.45) is 0 Å². The summed E-state index contributed by atoms with van der Waals surface area (Å²) in [6, 6.07) is 26.5. The van der Waals surface area contributed by atoms with Gasteiger partial charge in [0.2, 0.25) is 17.7 Å². The van der Waals surface area contributed by atoms with Gasteiger partial charge in [-0.2, -0.15) is 0 Å². The Morgan fingerprint density at radius 2 is 1.68 bits per heavy atom. The van der Waals surface area contributed by atoms with E-state index in [1.807, 2.05) is 54.6 Å². The van der Waals surface area contributed by atoms with Crippen LogP contribution < -0.4 is 5.56 Å². The number of hydrogen-bond donors (Lipinski definition) is 2.